The molecule has 0 aliphatic rings. The van der Waals surface area contributed by atoms with Crippen molar-refractivity contribution in [2.45, 2.75) is 6.92 Å². The summed E-state index contributed by atoms with van der Waals surface area (Å²) in [6, 6.07) is 11.5. The van der Waals surface area contributed by atoms with Crippen LogP contribution in [0.3, 0.4) is 0 Å². The maximum Gasteiger partial charge on any atom is 0.251 e. The quantitative estimate of drug-likeness (QED) is 0.835. The molecule has 0 spiro atoms. The maximum atomic E-state index is 13.1. The van der Waals surface area contributed by atoms with Crippen molar-refractivity contribution in [3.05, 3.63) is 59.4 Å². The summed E-state index contributed by atoms with van der Waals surface area (Å²) in [5.74, 6) is 0.890. The SMILES string of the molecule is COc1ccc(OCCNC(=O)c2ccc(F)c(C)c2)cc1. The van der Waals surface area contributed by atoms with E-state index in [1.54, 1.807) is 38.3 Å². The number of carbonyl (C=O) groups excluding carboxylic acids is 1. The number of nitrogens with one attached hydrogen (secondary N) is 1. The minimum Gasteiger partial charge on any atom is -0.497 e. The monoisotopic (exact) mass is 303 g/mol. The Hall–Kier alpha value is -2.56. The van der Waals surface area contributed by atoms with E-state index in [4.69, 9.17) is 9.47 Å². The predicted octanol–water partition coefficient (Wildman–Crippen LogP) is 2.95. The third-order valence-corrected chi connectivity index (χ3v) is 3.14. The van der Waals surface area contributed by atoms with Crippen LogP contribution in [0.2, 0.25) is 0 Å². The Kier molecular flexibility index (Phi) is 5.36. The van der Waals surface area contributed by atoms with Crippen LogP contribution in [0.15, 0.2) is 42.5 Å². The minimum atomic E-state index is -0.320. The number of hydrogen-bond acceptors (Lipinski definition) is 3. The summed E-state index contributed by atoms with van der Waals surface area (Å²) < 4.78 is 23.7. The molecule has 1 amide bonds. The van der Waals surface area contributed by atoms with E-state index in [0.29, 0.717) is 30.0 Å². The van der Waals surface area contributed by atoms with Gasteiger partial charge < -0.3 is 14.8 Å². The fourth-order valence-electron chi connectivity index (χ4n) is 1.89. The van der Waals surface area contributed by atoms with Crippen LogP contribution in [0.25, 0.3) is 0 Å². The van der Waals surface area contributed by atoms with Crippen molar-refractivity contribution in [2.24, 2.45) is 0 Å². The van der Waals surface area contributed by atoms with Gasteiger partial charge >= 0.3 is 0 Å². The molecule has 5 heteroatoms. The van der Waals surface area contributed by atoms with Gasteiger partial charge in [-0.3, -0.25) is 4.79 Å². The van der Waals surface area contributed by atoms with E-state index in [1.807, 2.05) is 0 Å². The number of rotatable bonds is 6. The normalized spacial score (nSPS) is 10.1. The van der Waals surface area contributed by atoms with Crippen LogP contribution >= 0.6 is 0 Å². The molecule has 0 atom stereocenters. The Balaban J connectivity index is 1.77. The molecule has 0 aliphatic heterocycles. The summed E-state index contributed by atoms with van der Waals surface area (Å²) in [7, 11) is 1.60. The minimum absolute atomic E-state index is 0.249. The van der Waals surface area contributed by atoms with Gasteiger partial charge in [-0.1, -0.05) is 0 Å². The van der Waals surface area contributed by atoms with Crippen LogP contribution in [0.1, 0.15) is 15.9 Å². The van der Waals surface area contributed by atoms with E-state index in [-0.39, 0.29) is 11.7 Å². The Morgan fingerprint density at radius 1 is 1.14 bits per heavy atom. The highest BCUT2D eigenvalue weighted by Gasteiger charge is 2.07. The molecule has 2 aromatic rings. The van der Waals surface area contributed by atoms with E-state index in [0.717, 1.165) is 5.75 Å². The van der Waals surface area contributed by atoms with E-state index < -0.39 is 0 Å². The lowest BCUT2D eigenvalue weighted by molar-refractivity contribution is 0.0947. The average molecular weight is 303 g/mol. The van der Waals surface area contributed by atoms with Crippen LogP contribution in [0.5, 0.6) is 11.5 Å². The highest BCUT2D eigenvalue weighted by molar-refractivity contribution is 5.94. The molecule has 0 fully saturated rings. The lowest BCUT2D eigenvalue weighted by Gasteiger charge is -2.09. The van der Waals surface area contributed by atoms with Crippen LogP contribution in [-0.4, -0.2) is 26.2 Å². The molecule has 4 nitrogen and oxygen atoms in total. The summed E-state index contributed by atoms with van der Waals surface area (Å²) in [5, 5.41) is 2.73. The number of halogens is 1. The third-order valence-electron chi connectivity index (χ3n) is 3.14. The van der Waals surface area contributed by atoms with E-state index in [1.165, 1.54) is 18.2 Å². The summed E-state index contributed by atoms with van der Waals surface area (Å²) >= 11 is 0. The standard InChI is InChI=1S/C17H18FNO3/c1-12-11-13(3-8-16(12)18)17(20)19-9-10-22-15-6-4-14(21-2)5-7-15/h3-8,11H,9-10H2,1-2H3,(H,19,20). The van der Waals surface area contributed by atoms with Crippen LogP contribution in [0.4, 0.5) is 4.39 Å². The highest BCUT2D eigenvalue weighted by Crippen LogP contribution is 2.16. The molecule has 2 aromatic carbocycles. The number of hydrogen-bond donors (Lipinski definition) is 1. The van der Waals surface area contributed by atoms with Crippen LogP contribution in [-0.2, 0) is 0 Å². The van der Waals surface area contributed by atoms with Gasteiger partial charge in [-0.15, -0.1) is 0 Å². The second-order valence-electron chi connectivity index (χ2n) is 4.74. The molecule has 0 aliphatic carbocycles. The van der Waals surface area contributed by atoms with E-state index in [9.17, 15) is 9.18 Å². The van der Waals surface area contributed by atoms with Crippen molar-refractivity contribution in [1.82, 2.24) is 5.32 Å². The number of benzene rings is 2. The van der Waals surface area contributed by atoms with Crippen LogP contribution in [0, 0.1) is 12.7 Å². The molecule has 0 saturated heterocycles. The van der Waals surface area contributed by atoms with Crippen molar-refractivity contribution in [1.29, 1.82) is 0 Å². The second-order valence-corrected chi connectivity index (χ2v) is 4.74. The Morgan fingerprint density at radius 2 is 1.82 bits per heavy atom. The maximum absolute atomic E-state index is 13.1. The Morgan fingerprint density at radius 3 is 2.45 bits per heavy atom. The molecule has 0 aromatic heterocycles. The number of aryl methyl sites for hydroxylation is 1. The average Bonchev–Trinajstić information content (AvgIpc) is 2.54. The Bertz CT molecular complexity index is 641. The van der Waals surface area contributed by atoms with Crippen molar-refractivity contribution >= 4 is 5.91 Å². The van der Waals surface area contributed by atoms with Gasteiger partial charge in [-0.2, -0.15) is 0 Å². The molecule has 0 bridgehead atoms. The van der Waals surface area contributed by atoms with E-state index in [2.05, 4.69) is 5.32 Å². The zero-order chi connectivity index (χ0) is 15.9. The van der Waals surface area contributed by atoms with Crippen molar-refractivity contribution in [2.75, 3.05) is 20.3 Å². The fraction of sp³-hybridized carbons (Fsp3) is 0.235. The predicted molar refractivity (Wildman–Crippen MR) is 82.0 cm³/mol. The van der Waals surface area contributed by atoms with Crippen molar-refractivity contribution < 1.29 is 18.7 Å². The number of carbonyl (C=O) groups is 1. The van der Waals surface area contributed by atoms with Gasteiger partial charge in [0.15, 0.2) is 0 Å². The number of amides is 1. The lowest BCUT2D eigenvalue weighted by atomic mass is 10.1. The summed E-state index contributed by atoms with van der Waals surface area (Å²) in [6.07, 6.45) is 0. The summed E-state index contributed by atoms with van der Waals surface area (Å²) in [5.41, 5.74) is 0.880. The second kappa shape index (κ2) is 7.45. The molecule has 0 radical (unpaired) electrons. The molecular formula is C17H18FNO3. The molecule has 2 rings (SSSR count). The molecule has 116 valence electrons. The van der Waals surface area contributed by atoms with Crippen LogP contribution < -0.4 is 14.8 Å². The lowest BCUT2D eigenvalue weighted by Crippen LogP contribution is -2.28. The Labute approximate surface area is 128 Å². The highest BCUT2D eigenvalue weighted by atomic mass is 19.1. The smallest absolute Gasteiger partial charge is 0.251 e. The van der Waals surface area contributed by atoms with Gasteiger partial charge in [-0.05, 0) is 55.0 Å². The zero-order valence-corrected chi connectivity index (χ0v) is 12.6. The number of ether oxygens (including phenoxy) is 2. The van der Waals surface area contributed by atoms with Gasteiger partial charge in [-0.25, -0.2) is 4.39 Å². The zero-order valence-electron chi connectivity index (χ0n) is 12.6. The van der Waals surface area contributed by atoms with Gasteiger partial charge in [0, 0.05) is 5.56 Å². The first-order valence-electron chi connectivity index (χ1n) is 6.91. The molecule has 0 heterocycles. The fourth-order valence-corrected chi connectivity index (χ4v) is 1.89. The first kappa shape index (κ1) is 15.8. The molecular weight excluding hydrogens is 285 g/mol. The van der Waals surface area contributed by atoms with Gasteiger partial charge in [0.1, 0.15) is 23.9 Å². The largest absolute Gasteiger partial charge is 0.497 e. The summed E-state index contributed by atoms with van der Waals surface area (Å²) in [6.45, 7) is 2.33. The topological polar surface area (TPSA) is 47.6 Å². The van der Waals surface area contributed by atoms with E-state index >= 15 is 0 Å². The van der Waals surface area contributed by atoms with Crippen molar-refractivity contribution in [3.8, 4) is 11.5 Å². The van der Waals surface area contributed by atoms with Crippen molar-refractivity contribution in [3.63, 3.8) is 0 Å². The number of methoxy groups -OCH3 is 1. The first-order valence-corrected chi connectivity index (χ1v) is 6.91. The molecule has 1 N–H and O–H groups in total. The summed E-state index contributed by atoms with van der Waals surface area (Å²) in [4.78, 5) is 11.9. The van der Waals surface area contributed by atoms with Gasteiger partial charge in [0.05, 0.1) is 13.7 Å². The van der Waals surface area contributed by atoms with Gasteiger partial charge in [0.25, 0.3) is 5.91 Å². The third kappa shape index (κ3) is 4.22. The molecule has 0 saturated carbocycles. The molecule has 22 heavy (non-hydrogen) atoms. The molecule has 0 unspecified atom stereocenters. The van der Waals surface area contributed by atoms with Gasteiger partial charge in [0.2, 0.25) is 0 Å². The first-order chi connectivity index (χ1) is 10.6.